The maximum absolute atomic E-state index is 13.6. The summed E-state index contributed by atoms with van der Waals surface area (Å²) in [6.45, 7) is -4.68. The van der Waals surface area contributed by atoms with Gasteiger partial charge in [-0.3, -0.25) is 23.7 Å². The quantitative estimate of drug-likeness (QED) is 0.0309. The molecule has 0 spiro atoms. The normalized spacial score (nSPS) is 39.9. The SMILES string of the molecule is CC(=O)N[C@H]1[C@H](OC[C@@H](O)[C@H](O)[C@H](O[C@@H]2O[C@H](CO)[C@H](O)[C@H](O)[C@H]2O)[C@H](CO)NC(C)=O)O[C@H](COS(=O)(=O)O)[C@@H](O[C@@H]2O[C@H](CO)[C@H](O[C@@H]3O[C@H](CO)[C@H](O)[C@H](O)[C@H]3NC(C)=O)[C@H](O[C@]3(C(=O)O)C[C@H](O)[C@@H](NC(C)=O)[C@H]([C@H](O)[C@H](O)CO)O3)[C@H]2O)[C@@H]1O. The fourth-order valence-corrected chi connectivity index (χ4v) is 10.8. The average molecular weight is 1330 g/mol. The van der Waals surface area contributed by atoms with Gasteiger partial charge in [0.1, 0.15) is 134 Å². The second-order valence-electron chi connectivity index (χ2n) is 21.5. The third-order valence-corrected chi connectivity index (χ3v) is 15.3. The summed E-state index contributed by atoms with van der Waals surface area (Å²) in [6, 6.07) is -7.42. The Hall–Kier alpha value is -3.86. The molecular weight excluding hydrogens is 1240 g/mol. The summed E-state index contributed by atoms with van der Waals surface area (Å²) in [6.07, 6.45) is -56.3. The minimum absolute atomic E-state index is 0.868. The van der Waals surface area contributed by atoms with E-state index in [1.54, 1.807) is 0 Å². The Bertz CT molecular complexity index is 2430. The van der Waals surface area contributed by atoms with E-state index >= 15 is 0 Å². The first-order chi connectivity index (χ1) is 41.6. The van der Waals surface area contributed by atoms with Crippen LogP contribution in [-0.4, -0.2) is 364 Å². The Balaban J connectivity index is 1.57. The molecule has 0 unspecified atom stereocenters. The van der Waals surface area contributed by atoms with Crippen molar-refractivity contribution in [2.75, 3.05) is 46.2 Å². The van der Waals surface area contributed by atoms with Crippen molar-refractivity contribution in [2.45, 2.75) is 217 Å². The summed E-state index contributed by atoms with van der Waals surface area (Å²) in [7, 11) is -5.52. The second-order valence-corrected chi connectivity index (χ2v) is 22.6. The van der Waals surface area contributed by atoms with Crippen molar-refractivity contribution >= 4 is 40.0 Å². The molecule has 0 saturated carbocycles. The fraction of sp³-hybridized carbons (Fsp3) is 0.894. The number of carbonyl (C=O) groups excluding carboxylic acids is 4. The molecule has 0 bridgehead atoms. The van der Waals surface area contributed by atoms with Crippen LogP contribution in [0.25, 0.3) is 0 Å². The number of amides is 4. The van der Waals surface area contributed by atoms with Crippen molar-refractivity contribution in [3.05, 3.63) is 0 Å². The van der Waals surface area contributed by atoms with Crippen LogP contribution in [0, 0.1) is 0 Å². The van der Waals surface area contributed by atoms with Gasteiger partial charge in [0.2, 0.25) is 23.6 Å². The maximum Gasteiger partial charge on any atom is 0.397 e. The Morgan fingerprint density at radius 3 is 1.61 bits per heavy atom. The Morgan fingerprint density at radius 1 is 0.573 bits per heavy atom. The highest BCUT2D eigenvalue weighted by Crippen LogP contribution is 2.40. The molecule has 5 rings (SSSR count). The van der Waals surface area contributed by atoms with Crippen LogP contribution >= 0.6 is 0 Å². The maximum atomic E-state index is 13.6. The molecule has 0 aromatic carbocycles. The topological polar surface area (TPSA) is 654 Å². The number of ether oxygens (including phenoxy) is 10. The van der Waals surface area contributed by atoms with Crippen LogP contribution in [0.5, 0.6) is 0 Å². The number of hydrogen-bond donors (Lipinski definition) is 23. The zero-order chi connectivity index (χ0) is 66.9. The predicted octanol–water partition coefficient (Wildman–Crippen LogP) is -14.9. The summed E-state index contributed by atoms with van der Waals surface area (Å²) in [5.74, 6) is -9.41. The monoisotopic (exact) mass is 1320 g/mol. The van der Waals surface area contributed by atoms with E-state index in [2.05, 4.69) is 25.5 Å². The van der Waals surface area contributed by atoms with E-state index in [1.165, 1.54) is 0 Å². The van der Waals surface area contributed by atoms with Crippen molar-refractivity contribution in [3.8, 4) is 0 Å². The third kappa shape index (κ3) is 18.7. The summed E-state index contributed by atoms with van der Waals surface area (Å²) in [4.78, 5) is 63.3. The van der Waals surface area contributed by atoms with E-state index < -0.39 is 276 Å². The van der Waals surface area contributed by atoms with Gasteiger partial charge < -0.3 is 161 Å². The largest absolute Gasteiger partial charge is 0.477 e. The van der Waals surface area contributed by atoms with Crippen LogP contribution in [0.4, 0.5) is 0 Å². The minimum Gasteiger partial charge on any atom is -0.477 e. The molecule has 4 amide bonds. The van der Waals surface area contributed by atoms with Crippen molar-refractivity contribution < 1.29 is 180 Å². The fourth-order valence-electron chi connectivity index (χ4n) is 10.5. The van der Waals surface area contributed by atoms with E-state index in [-0.39, 0.29) is 0 Å². The van der Waals surface area contributed by atoms with Gasteiger partial charge in [0.05, 0.1) is 64.4 Å². The minimum atomic E-state index is -5.52. The first-order valence-corrected chi connectivity index (χ1v) is 28.7. The van der Waals surface area contributed by atoms with E-state index in [9.17, 15) is 129 Å². The first kappa shape index (κ1) is 75.9. The number of aliphatic hydroxyl groups excluding tert-OH is 17. The molecule has 5 fully saturated rings. The first-order valence-electron chi connectivity index (χ1n) is 27.3. The molecule has 0 radical (unpaired) electrons. The van der Waals surface area contributed by atoms with Gasteiger partial charge in [-0.2, -0.15) is 8.42 Å². The van der Waals surface area contributed by atoms with Crippen LogP contribution in [-0.2, 0) is 85.9 Å². The van der Waals surface area contributed by atoms with E-state index in [4.69, 9.17) is 47.4 Å². The summed E-state index contributed by atoms with van der Waals surface area (Å²) in [5.41, 5.74) is 0. The molecule has 41 nitrogen and oxygen atoms in total. The van der Waals surface area contributed by atoms with Crippen LogP contribution in [0.1, 0.15) is 34.1 Å². The number of carboxylic acids is 1. The van der Waals surface area contributed by atoms with Crippen molar-refractivity contribution in [2.24, 2.45) is 0 Å². The molecule has 89 heavy (non-hydrogen) atoms. The smallest absolute Gasteiger partial charge is 0.397 e. The molecule has 5 saturated heterocycles. The van der Waals surface area contributed by atoms with Gasteiger partial charge in [-0.05, 0) is 0 Å². The van der Waals surface area contributed by atoms with Crippen molar-refractivity contribution in [3.63, 3.8) is 0 Å². The van der Waals surface area contributed by atoms with Crippen molar-refractivity contribution in [1.29, 1.82) is 0 Å². The lowest BCUT2D eigenvalue weighted by Crippen LogP contribution is -2.72. The van der Waals surface area contributed by atoms with Crippen LogP contribution in [0.3, 0.4) is 0 Å². The number of hydrogen-bond acceptors (Lipinski definition) is 35. The van der Waals surface area contributed by atoms with Gasteiger partial charge >= 0.3 is 16.4 Å². The number of nitrogens with one attached hydrogen (secondary N) is 4. The molecule has 0 aliphatic carbocycles. The Labute approximate surface area is 504 Å². The number of carboxylic acid groups (broad SMARTS) is 1. The molecule has 0 aromatic rings. The summed E-state index contributed by atoms with van der Waals surface area (Å²) >= 11 is 0. The highest BCUT2D eigenvalue weighted by Gasteiger charge is 2.62. The standard InChI is InChI=1S/C47H80N4O37S/c1-13(57)48-17(6-52)37(84-44-35(71)34(70)31(67)22(9-55)81-44)29(65)20(63)11-78-42-27(51-16(4)60)33(69)38(24(83-42)12-79-89(75,76)77)85-45-36(72)41(39(23(10-56)82-45)86-43-26(50-15(3)59)32(68)30(66)21(8-54)80-43)88-47(46(73)74)5-18(61)25(49-14(2)58)40(87-47)28(64)19(62)7-53/h17-45,52-56,61-72H,5-12H2,1-4H3,(H,48,57)(H,49,58)(H,50,59)(H,51,60)(H,73,74)(H,75,76,77)/t17-,18-,19+,20+,21+,22+,23+,24+,25+,26+,27+,28+,29-,30-,31-,32+,33+,34-,35+,36+,37+,38+,39-,40+,41+,42+,43-,44-,45-,47-/m0/s1. The van der Waals surface area contributed by atoms with Crippen LogP contribution in [0.2, 0.25) is 0 Å². The van der Waals surface area contributed by atoms with Gasteiger partial charge in [0.15, 0.2) is 25.2 Å². The Kier molecular flexibility index (Phi) is 28.0. The molecular formula is C47H80N4O37S. The van der Waals surface area contributed by atoms with Crippen LogP contribution < -0.4 is 21.3 Å². The number of rotatable bonds is 29. The van der Waals surface area contributed by atoms with Gasteiger partial charge in [-0.1, -0.05) is 0 Å². The molecule has 5 aliphatic rings. The zero-order valence-electron chi connectivity index (χ0n) is 47.7. The number of aliphatic carboxylic acids is 1. The summed E-state index contributed by atoms with van der Waals surface area (Å²) < 4.78 is 96.2. The van der Waals surface area contributed by atoms with Gasteiger partial charge in [-0.25, -0.2) is 8.98 Å². The molecule has 516 valence electrons. The average Bonchev–Trinajstić information content (AvgIpc) is 1.41. The zero-order valence-corrected chi connectivity index (χ0v) is 48.5. The third-order valence-electron chi connectivity index (χ3n) is 14.8. The van der Waals surface area contributed by atoms with E-state index in [0.717, 1.165) is 27.7 Å². The molecule has 30 atom stereocenters. The summed E-state index contributed by atoms with van der Waals surface area (Å²) in [5, 5.41) is 204. The highest BCUT2D eigenvalue weighted by atomic mass is 32.3. The lowest BCUT2D eigenvalue weighted by Gasteiger charge is -2.52. The number of aliphatic hydroxyl groups is 17. The molecule has 5 aliphatic heterocycles. The lowest BCUT2D eigenvalue weighted by atomic mass is 9.88. The van der Waals surface area contributed by atoms with E-state index in [0.29, 0.717) is 0 Å². The Morgan fingerprint density at radius 2 is 1.09 bits per heavy atom. The van der Waals surface area contributed by atoms with Crippen molar-refractivity contribution in [1.82, 2.24) is 21.3 Å². The van der Waals surface area contributed by atoms with Gasteiger partial charge in [-0.15, -0.1) is 0 Å². The number of carbonyl (C=O) groups is 5. The van der Waals surface area contributed by atoms with Gasteiger partial charge in [0, 0.05) is 34.1 Å². The predicted molar refractivity (Wildman–Crippen MR) is 275 cm³/mol. The molecule has 0 aromatic heterocycles. The van der Waals surface area contributed by atoms with Crippen LogP contribution in [0.15, 0.2) is 0 Å². The molecule has 42 heteroatoms. The second kappa shape index (κ2) is 32.8. The van der Waals surface area contributed by atoms with E-state index in [1.807, 2.05) is 0 Å². The molecule has 5 heterocycles. The lowest BCUT2D eigenvalue weighted by molar-refractivity contribution is -0.398. The molecule has 23 N–H and O–H groups in total. The van der Waals surface area contributed by atoms with Gasteiger partial charge in [0.25, 0.3) is 5.79 Å². The highest BCUT2D eigenvalue weighted by molar-refractivity contribution is 7.80.